The Hall–Kier alpha value is -4.29. The molecule has 1 saturated carbocycles. The lowest BCUT2D eigenvalue weighted by Gasteiger charge is -2.40. The Bertz CT molecular complexity index is 2120. The molecule has 3 unspecified atom stereocenters. The Morgan fingerprint density at radius 2 is 1.23 bits per heavy atom. The van der Waals surface area contributed by atoms with Crippen molar-refractivity contribution in [3.05, 3.63) is 138 Å². The van der Waals surface area contributed by atoms with Crippen molar-refractivity contribution >= 4 is 32.3 Å². The van der Waals surface area contributed by atoms with Crippen LogP contribution in [0.5, 0.6) is 5.75 Å². The van der Waals surface area contributed by atoms with Gasteiger partial charge in [0.2, 0.25) is 0 Å². The van der Waals surface area contributed by atoms with Crippen molar-refractivity contribution in [3.63, 3.8) is 0 Å². The number of aliphatic hydroxyl groups is 1. The molecule has 3 aliphatic rings. The fourth-order valence-corrected chi connectivity index (χ4v) is 8.63. The molecule has 0 aromatic heterocycles. The fourth-order valence-electron chi connectivity index (χ4n) is 8.63. The topological polar surface area (TPSA) is 35.9 Å². The van der Waals surface area contributed by atoms with Gasteiger partial charge in [-0.2, -0.15) is 0 Å². The average Bonchev–Trinajstić information content (AvgIpc) is 3.98. The Morgan fingerprint density at radius 3 is 2.02 bits per heavy atom. The number of halogens is 1. The van der Waals surface area contributed by atoms with Crippen molar-refractivity contribution in [2.45, 2.75) is 37.1 Å². The lowest BCUT2D eigenvalue weighted by Crippen LogP contribution is -2.50. The van der Waals surface area contributed by atoms with Crippen molar-refractivity contribution in [2.24, 2.45) is 5.92 Å². The van der Waals surface area contributed by atoms with Gasteiger partial charge in [0.05, 0.1) is 6.04 Å². The molecule has 2 aliphatic carbocycles. The molecule has 9 rings (SSSR count). The highest BCUT2D eigenvalue weighted by Gasteiger charge is 2.44. The van der Waals surface area contributed by atoms with Crippen LogP contribution >= 0.6 is 0 Å². The van der Waals surface area contributed by atoms with E-state index in [1.54, 1.807) is 0 Å². The van der Waals surface area contributed by atoms with Crippen molar-refractivity contribution in [1.29, 1.82) is 0 Å². The Morgan fingerprint density at radius 1 is 0.625 bits per heavy atom. The zero-order valence-corrected chi connectivity index (χ0v) is 27.1. The summed E-state index contributed by atoms with van der Waals surface area (Å²) in [6, 6.07) is 40.3. The summed E-state index contributed by atoms with van der Waals surface area (Å²) in [5.41, 5.74) is 4.43. The minimum Gasteiger partial charge on any atom is -0.490 e. The zero-order chi connectivity index (χ0) is 32.2. The molecule has 1 aliphatic heterocycles. The molecule has 0 radical (unpaired) electrons. The van der Waals surface area contributed by atoms with Crippen LogP contribution in [-0.4, -0.2) is 60.3 Å². The highest BCUT2D eigenvalue weighted by Crippen LogP contribution is 2.55. The average molecular weight is 637 g/mol. The number of hydrogen-bond donors (Lipinski definition) is 1. The zero-order valence-electron chi connectivity index (χ0n) is 27.1. The smallest absolute Gasteiger partial charge is 0.133 e. The number of fused-ring (bicyclic) bond motifs is 7. The van der Waals surface area contributed by atoms with Crippen LogP contribution in [0.3, 0.4) is 0 Å². The molecule has 1 saturated heterocycles. The van der Waals surface area contributed by atoms with Crippen LogP contribution in [0.4, 0.5) is 4.39 Å². The third-order valence-electron chi connectivity index (χ3n) is 11.1. The van der Waals surface area contributed by atoms with E-state index in [9.17, 15) is 5.11 Å². The highest BCUT2D eigenvalue weighted by atomic mass is 19.1. The van der Waals surface area contributed by atoms with Gasteiger partial charge in [-0.05, 0) is 80.1 Å². The number of alkyl halides is 1. The largest absolute Gasteiger partial charge is 0.490 e. The fraction of sp³-hybridized carbons (Fsp3) is 0.302. The van der Waals surface area contributed by atoms with Gasteiger partial charge in [0.15, 0.2) is 0 Å². The van der Waals surface area contributed by atoms with Crippen LogP contribution in [0.1, 0.15) is 53.2 Å². The van der Waals surface area contributed by atoms with E-state index in [0.29, 0.717) is 12.5 Å². The van der Waals surface area contributed by atoms with Crippen molar-refractivity contribution in [2.75, 3.05) is 39.3 Å². The molecular formula is C43H41FN2O2. The number of ether oxygens (including phenoxy) is 1. The Labute approximate surface area is 281 Å². The van der Waals surface area contributed by atoms with Crippen LogP contribution < -0.4 is 4.74 Å². The van der Waals surface area contributed by atoms with E-state index in [-0.39, 0.29) is 18.6 Å². The number of piperazine rings is 1. The Balaban J connectivity index is 0.891. The summed E-state index contributed by atoms with van der Waals surface area (Å²) in [4.78, 5) is 4.87. The molecular weight excluding hydrogens is 595 g/mol. The second-order valence-electron chi connectivity index (χ2n) is 14.0. The van der Waals surface area contributed by atoms with Gasteiger partial charge >= 0.3 is 0 Å². The van der Waals surface area contributed by atoms with Gasteiger partial charge in [-0.3, -0.25) is 9.80 Å². The third-order valence-corrected chi connectivity index (χ3v) is 11.1. The predicted octanol–water partition coefficient (Wildman–Crippen LogP) is 8.81. The number of β-amino-alcohol motifs (C(OH)–C–C–N with tert-alkyl or cyclic N) is 1. The second-order valence-corrected chi connectivity index (χ2v) is 14.0. The number of nitrogens with zero attached hydrogens (tertiary/aromatic N) is 2. The van der Waals surface area contributed by atoms with Crippen LogP contribution in [0.25, 0.3) is 32.3 Å². The minimum atomic E-state index is -0.975. The molecule has 6 aromatic rings. The molecule has 242 valence electrons. The quantitative estimate of drug-likeness (QED) is 0.178. The predicted molar refractivity (Wildman–Crippen MR) is 193 cm³/mol. The summed E-state index contributed by atoms with van der Waals surface area (Å²) in [5, 5.41) is 18.3. The van der Waals surface area contributed by atoms with Crippen molar-refractivity contribution in [3.8, 4) is 5.75 Å². The molecule has 0 spiro atoms. The second kappa shape index (κ2) is 12.3. The molecule has 1 heterocycles. The van der Waals surface area contributed by atoms with Gasteiger partial charge in [0.1, 0.15) is 24.6 Å². The maximum atomic E-state index is 16.4. The standard InChI is InChI=1S/C43H41FN2O2/c44-42-37-11-4-6-13-39(37)43(38-12-5-3-10-36(38)41(42)29-16-17-29)46-24-22-45(23-25-46)26-30(47)27-48-40-15-7-14-32-34-19-18-28-8-1-2-9-31(28)33(34)20-21-35(32)40/h1-15,18-21,29-30,41-43,47H,16-17,22-27H2/t30-,41?,42?,43?/m0/s1. The lowest BCUT2D eigenvalue weighted by molar-refractivity contribution is 0.0403. The van der Waals surface area contributed by atoms with E-state index < -0.39 is 12.3 Å². The van der Waals surface area contributed by atoms with Gasteiger partial charge in [-0.15, -0.1) is 0 Å². The molecule has 0 amide bonds. The minimum absolute atomic E-state index is 0.0373. The molecule has 5 heteroatoms. The first-order valence-electron chi connectivity index (χ1n) is 17.6. The van der Waals surface area contributed by atoms with Crippen LogP contribution in [-0.2, 0) is 0 Å². The summed E-state index contributed by atoms with van der Waals surface area (Å²) < 4.78 is 22.6. The SMILES string of the molecule is O[C@H](COc1cccc2c1ccc1c3ccccc3ccc21)CN1CCN(C2c3ccccc3C(F)C(C3CC3)c3ccccc32)CC1. The lowest BCUT2D eigenvalue weighted by atomic mass is 9.85. The first-order chi connectivity index (χ1) is 23.6. The molecule has 6 aromatic carbocycles. The number of benzene rings is 6. The van der Waals surface area contributed by atoms with Crippen molar-refractivity contribution < 1.29 is 14.2 Å². The number of hydrogen-bond acceptors (Lipinski definition) is 4. The molecule has 48 heavy (non-hydrogen) atoms. The van der Waals surface area contributed by atoms with E-state index in [0.717, 1.165) is 66.7 Å². The van der Waals surface area contributed by atoms with E-state index >= 15 is 4.39 Å². The Kier molecular flexibility index (Phi) is 7.64. The first kappa shape index (κ1) is 29.8. The molecule has 4 atom stereocenters. The van der Waals surface area contributed by atoms with Crippen molar-refractivity contribution in [1.82, 2.24) is 9.80 Å². The number of aliphatic hydroxyl groups excluding tert-OH is 1. The van der Waals surface area contributed by atoms with E-state index in [1.807, 2.05) is 24.3 Å². The van der Waals surface area contributed by atoms with Gasteiger partial charge in [0, 0.05) is 44.0 Å². The highest BCUT2D eigenvalue weighted by molar-refractivity contribution is 6.18. The summed E-state index contributed by atoms with van der Waals surface area (Å²) >= 11 is 0. The molecule has 0 bridgehead atoms. The summed E-state index contributed by atoms with van der Waals surface area (Å²) in [5.74, 6) is 1.17. The summed E-state index contributed by atoms with van der Waals surface area (Å²) in [6.45, 7) is 4.20. The van der Waals surface area contributed by atoms with Crippen LogP contribution in [0, 0.1) is 5.92 Å². The normalized spacial score (nSPS) is 22.3. The maximum Gasteiger partial charge on any atom is 0.133 e. The third kappa shape index (κ3) is 5.25. The maximum absolute atomic E-state index is 16.4. The molecule has 2 fully saturated rings. The van der Waals surface area contributed by atoms with Gasteiger partial charge < -0.3 is 9.84 Å². The van der Waals surface area contributed by atoms with Crippen LogP contribution in [0.2, 0.25) is 0 Å². The monoisotopic (exact) mass is 636 g/mol. The van der Waals surface area contributed by atoms with Crippen LogP contribution in [0.15, 0.2) is 115 Å². The number of rotatable bonds is 7. The molecule has 1 N–H and O–H groups in total. The van der Waals surface area contributed by atoms with Gasteiger partial charge in [-0.1, -0.05) is 103 Å². The summed E-state index contributed by atoms with van der Waals surface area (Å²) in [7, 11) is 0. The van der Waals surface area contributed by atoms with Gasteiger partial charge in [0.25, 0.3) is 0 Å². The first-order valence-corrected chi connectivity index (χ1v) is 17.6. The van der Waals surface area contributed by atoms with E-state index in [4.69, 9.17) is 4.74 Å². The van der Waals surface area contributed by atoms with E-state index in [2.05, 4.69) is 101 Å². The van der Waals surface area contributed by atoms with E-state index in [1.165, 1.54) is 32.7 Å². The van der Waals surface area contributed by atoms with Gasteiger partial charge in [-0.25, -0.2) is 4.39 Å². The summed E-state index contributed by atoms with van der Waals surface area (Å²) in [6.07, 6.45) is 0.649. The molecule has 4 nitrogen and oxygen atoms in total.